The van der Waals surface area contributed by atoms with Crippen molar-refractivity contribution in [3.05, 3.63) is 47.0 Å². The Morgan fingerprint density at radius 3 is 2.24 bits per heavy atom. The van der Waals surface area contributed by atoms with Crippen LogP contribution in [0.1, 0.15) is 78.3 Å². The molecule has 3 rings (SSSR count). The maximum Gasteiger partial charge on any atom is 0.525 e. The van der Waals surface area contributed by atoms with Crippen molar-refractivity contribution in [1.82, 2.24) is 5.06 Å². The summed E-state index contributed by atoms with van der Waals surface area (Å²) < 4.78 is 71.1. The first-order chi connectivity index (χ1) is 15.5. The third-order valence-electron chi connectivity index (χ3n) is 5.30. The molecule has 0 radical (unpaired) electrons. The van der Waals surface area contributed by atoms with Crippen LogP contribution in [-0.2, 0) is 19.1 Å². The number of halogens is 3. The van der Waals surface area contributed by atoms with Gasteiger partial charge >= 0.3 is 15.6 Å². The number of rotatable bonds is 10. The summed E-state index contributed by atoms with van der Waals surface area (Å²) in [5, 5.41) is 0.420. The van der Waals surface area contributed by atoms with E-state index in [0.29, 0.717) is 18.4 Å². The van der Waals surface area contributed by atoms with Crippen LogP contribution in [0.25, 0.3) is 10.8 Å². The maximum absolute atomic E-state index is 12.8. The molecule has 1 aliphatic rings. The van der Waals surface area contributed by atoms with Gasteiger partial charge in [0.05, 0.1) is 17.2 Å². The van der Waals surface area contributed by atoms with Crippen LogP contribution in [0.5, 0.6) is 0 Å². The lowest BCUT2D eigenvalue weighted by Gasteiger charge is -2.27. The Labute approximate surface area is 189 Å². The summed E-state index contributed by atoms with van der Waals surface area (Å²) >= 11 is 0. The van der Waals surface area contributed by atoms with E-state index in [4.69, 9.17) is 4.74 Å². The standard InChI is InChI=1S/C22H24F3NO6S/c1-3-5-6-10-18(31-13-4-2)14-11-12-17-19-15(14)8-7-9-16(19)20(27)26(21(17)28)32-33(29,30)22(23,24)25/h7-9,11-12,18H,3-6,10,13H2,1-2H3. The molecule has 1 unspecified atom stereocenters. The average molecular weight is 487 g/mol. The van der Waals surface area contributed by atoms with Gasteiger partial charge in [-0.25, -0.2) is 0 Å². The monoisotopic (exact) mass is 487 g/mol. The number of carbonyl (C=O) groups is 2. The lowest BCUT2D eigenvalue weighted by atomic mass is 9.89. The highest BCUT2D eigenvalue weighted by atomic mass is 32.2. The Morgan fingerprint density at radius 2 is 1.64 bits per heavy atom. The van der Waals surface area contributed by atoms with Gasteiger partial charge in [0.2, 0.25) is 0 Å². The van der Waals surface area contributed by atoms with Crippen LogP contribution in [0, 0.1) is 0 Å². The Hall–Kier alpha value is -2.50. The van der Waals surface area contributed by atoms with Gasteiger partial charge < -0.3 is 4.74 Å². The van der Waals surface area contributed by atoms with Crippen LogP contribution in [0.3, 0.4) is 0 Å². The lowest BCUT2D eigenvalue weighted by molar-refractivity contribution is -0.0761. The number of imide groups is 1. The summed E-state index contributed by atoms with van der Waals surface area (Å²) in [6.07, 6.45) is 4.14. The molecule has 2 aromatic carbocycles. The summed E-state index contributed by atoms with van der Waals surface area (Å²) in [7, 11) is -6.22. The molecular formula is C22H24F3NO6S. The maximum atomic E-state index is 12.8. The Balaban J connectivity index is 2.08. The Morgan fingerprint density at radius 1 is 0.970 bits per heavy atom. The molecule has 7 nitrogen and oxygen atoms in total. The summed E-state index contributed by atoms with van der Waals surface area (Å²) in [5.41, 5.74) is -5.32. The quantitative estimate of drug-likeness (QED) is 0.258. The minimum atomic E-state index is -6.22. The van der Waals surface area contributed by atoms with Gasteiger partial charge in [-0.3, -0.25) is 9.59 Å². The topological polar surface area (TPSA) is 90.0 Å². The number of hydroxylamine groups is 2. The molecule has 1 aliphatic heterocycles. The summed E-state index contributed by atoms with van der Waals surface area (Å²) in [6, 6.07) is 7.49. The molecule has 0 saturated heterocycles. The molecule has 180 valence electrons. The van der Waals surface area contributed by atoms with E-state index in [1.54, 1.807) is 12.1 Å². The molecular weight excluding hydrogens is 463 g/mol. The molecule has 0 saturated carbocycles. The zero-order valence-corrected chi connectivity index (χ0v) is 19.0. The first-order valence-corrected chi connectivity index (χ1v) is 12.0. The number of benzene rings is 2. The van der Waals surface area contributed by atoms with Crippen LogP contribution >= 0.6 is 0 Å². The van der Waals surface area contributed by atoms with Crippen LogP contribution in [0.4, 0.5) is 13.2 Å². The van der Waals surface area contributed by atoms with Crippen molar-refractivity contribution in [2.45, 2.75) is 57.6 Å². The molecule has 0 aliphatic carbocycles. The van der Waals surface area contributed by atoms with Gasteiger partial charge in [0.25, 0.3) is 11.8 Å². The second-order valence-electron chi connectivity index (χ2n) is 7.66. The van der Waals surface area contributed by atoms with Crippen molar-refractivity contribution in [2.75, 3.05) is 6.61 Å². The van der Waals surface area contributed by atoms with E-state index in [1.807, 2.05) is 6.92 Å². The highest BCUT2D eigenvalue weighted by molar-refractivity contribution is 7.87. The zero-order valence-electron chi connectivity index (χ0n) is 18.1. The van der Waals surface area contributed by atoms with E-state index < -0.39 is 27.4 Å². The SMILES string of the molecule is CCCCCC(OCCC)c1ccc2c3c(cccc13)C(=O)N(OS(=O)(=O)C(F)(F)F)C2=O. The van der Waals surface area contributed by atoms with E-state index in [2.05, 4.69) is 11.2 Å². The molecule has 0 N–H and O–H groups in total. The Bertz CT molecular complexity index is 1140. The zero-order chi connectivity index (χ0) is 24.4. The van der Waals surface area contributed by atoms with Crippen molar-refractivity contribution < 1.29 is 40.2 Å². The minimum absolute atomic E-state index is 0.135. The number of ether oxygens (including phenoxy) is 1. The normalized spacial score (nSPS) is 15.4. The molecule has 1 atom stereocenters. The molecule has 2 aromatic rings. The lowest BCUT2D eigenvalue weighted by Crippen LogP contribution is -2.44. The molecule has 0 aromatic heterocycles. The third kappa shape index (κ3) is 4.90. The number of alkyl halides is 3. The number of carbonyl (C=O) groups excluding carboxylic acids is 2. The van der Waals surface area contributed by atoms with Crippen LogP contribution in [0.2, 0.25) is 0 Å². The second-order valence-corrected chi connectivity index (χ2v) is 9.19. The fourth-order valence-corrected chi connectivity index (χ4v) is 4.17. The van der Waals surface area contributed by atoms with Crippen LogP contribution in [-0.4, -0.2) is 37.4 Å². The van der Waals surface area contributed by atoms with Gasteiger partial charge in [0, 0.05) is 12.0 Å². The van der Waals surface area contributed by atoms with Crippen LogP contribution in [0.15, 0.2) is 30.3 Å². The van der Waals surface area contributed by atoms with Gasteiger partial charge in [-0.2, -0.15) is 21.6 Å². The fourth-order valence-electron chi connectivity index (χ4n) is 3.75. The Kier molecular flexibility index (Phi) is 7.45. The number of nitrogens with zero attached hydrogens (tertiary/aromatic N) is 1. The highest BCUT2D eigenvalue weighted by Crippen LogP contribution is 2.38. The predicted molar refractivity (Wildman–Crippen MR) is 114 cm³/mol. The van der Waals surface area contributed by atoms with Gasteiger partial charge in [-0.1, -0.05) is 51.3 Å². The van der Waals surface area contributed by atoms with E-state index in [-0.39, 0.29) is 27.7 Å². The first kappa shape index (κ1) is 25.1. The van der Waals surface area contributed by atoms with Crippen molar-refractivity contribution in [3.8, 4) is 0 Å². The van der Waals surface area contributed by atoms with E-state index in [1.165, 1.54) is 18.2 Å². The first-order valence-electron chi connectivity index (χ1n) is 10.6. The van der Waals surface area contributed by atoms with Crippen molar-refractivity contribution in [3.63, 3.8) is 0 Å². The van der Waals surface area contributed by atoms with E-state index in [9.17, 15) is 31.2 Å². The third-order valence-corrected chi connectivity index (χ3v) is 6.21. The number of amides is 2. The van der Waals surface area contributed by atoms with Crippen molar-refractivity contribution >= 4 is 32.7 Å². The fraction of sp³-hybridized carbons (Fsp3) is 0.455. The minimum Gasteiger partial charge on any atom is -0.374 e. The second kappa shape index (κ2) is 9.78. The van der Waals surface area contributed by atoms with Gasteiger partial charge in [-0.15, -0.1) is 9.35 Å². The smallest absolute Gasteiger partial charge is 0.374 e. The predicted octanol–water partition coefficient (Wildman–Crippen LogP) is 5.27. The van der Waals surface area contributed by atoms with E-state index >= 15 is 0 Å². The highest BCUT2D eigenvalue weighted by Gasteiger charge is 2.51. The summed E-state index contributed by atoms with van der Waals surface area (Å²) in [5.74, 6) is -2.58. The number of unbranched alkanes of at least 4 members (excludes halogenated alkanes) is 2. The largest absolute Gasteiger partial charge is 0.525 e. The molecule has 0 bridgehead atoms. The summed E-state index contributed by atoms with van der Waals surface area (Å²) in [4.78, 5) is 25.6. The van der Waals surface area contributed by atoms with Gasteiger partial charge in [0.1, 0.15) is 0 Å². The van der Waals surface area contributed by atoms with Gasteiger partial charge in [0.15, 0.2) is 0 Å². The van der Waals surface area contributed by atoms with E-state index in [0.717, 1.165) is 31.2 Å². The molecule has 33 heavy (non-hydrogen) atoms. The van der Waals surface area contributed by atoms with Gasteiger partial charge in [-0.05, 0) is 35.9 Å². The summed E-state index contributed by atoms with van der Waals surface area (Å²) in [6.45, 7) is 4.56. The average Bonchev–Trinajstić information content (AvgIpc) is 2.76. The molecule has 0 fully saturated rings. The number of hydrogen-bond donors (Lipinski definition) is 0. The van der Waals surface area contributed by atoms with Crippen molar-refractivity contribution in [1.29, 1.82) is 0 Å². The van der Waals surface area contributed by atoms with Crippen LogP contribution < -0.4 is 0 Å². The van der Waals surface area contributed by atoms with Crippen molar-refractivity contribution in [2.24, 2.45) is 0 Å². The molecule has 1 heterocycles. The molecule has 11 heteroatoms. The molecule has 2 amide bonds. The number of hydrogen-bond acceptors (Lipinski definition) is 6. The molecule has 0 spiro atoms.